The minimum absolute atomic E-state index is 0.221. The highest BCUT2D eigenvalue weighted by Crippen LogP contribution is 2.12. The quantitative estimate of drug-likeness (QED) is 0.658. The first kappa shape index (κ1) is 13.0. The van der Waals surface area contributed by atoms with Crippen LogP contribution < -0.4 is 10.1 Å². The molecule has 16 heavy (non-hydrogen) atoms. The van der Waals surface area contributed by atoms with E-state index in [-0.39, 0.29) is 6.61 Å². The largest absolute Gasteiger partial charge is 0.497 e. The molecule has 0 unspecified atom stereocenters. The molecule has 2 N–H and O–H groups in total. The summed E-state index contributed by atoms with van der Waals surface area (Å²) in [5.74, 6) is 0.911. The predicted octanol–water partition coefficient (Wildman–Crippen LogP) is 1.60. The van der Waals surface area contributed by atoms with Crippen LogP contribution in [-0.2, 0) is 6.42 Å². The molecule has 90 valence electrons. The number of methoxy groups -OCH3 is 1. The Balaban J connectivity index is 2.12. The topological polar surface area (TPSA) is 41.5 Å². The van der Waals surface area contributed by atoms with Gasteiger partial charge in [-0.15, -0.1) is 0 Å². The molecule has 0 fully saturated rings. The number of hydrogen-bond acceptors (Lipinski definition) is 3. The van der Waals surface area contributed by atoms with Crippen molar-refractivity contribution in [2.45, 2.75) is 19.3 Å². The number of nitrogens with one attached hydrogen (secondary N) is 1. The van der Waals surface area contributed by atoms with Crippen molar-refractivity contribution in [3.8, 4) is 5.75 Å². The summed E-state index contributed by atoms with van der Waals surface area (Å²) in [6.45, 7) is 1.90. The van der Waals surface area contributed by atoms with Crippen molar-refractivity contribution in [3.63, 3.8) is 0 Å². The number of aliphatic hydroxyl groups is 1. The van der Waals surface area contributed by atoms with Gasteiger partial charge in [-0.1, -0.05) is 12.1 Å². The Labute approximate surface area is 97.4 Å². The van der Waals surface area contributed by atoms with Gasteiger partial charge in [-0.25, -0.2) is 0 Å². The van der Waals surface area contributed by atoms with Crippen LogP contribution in [0.5, 0.6) is 5.75 Å². The zero-order chi connectivity index (χ0) is 11.6. The molecule has 3 nitrogen and oxygen atoms in total. The molecular weight excluding hydrogens is 202 g/mol. The van der Waals surface area contributed by atoms with Crippen molar-refractivity contribution < 1.29 is 9.84 Å². The van der Waals surface area contributed by atoms with E-state index in [4.69, 9.17) is 9.84 Å². The second kappa shape index (κ2) is 8.13. The lowest BCUT2D eigenvalue weighted by Crippen LogP contribution is -2.19. The lowest BCUT2D eigenvalue weighted by atomic mass is 10.1. The van der Waals surface area contributed by atoms with E-state index in [1.807, 2.05) is 12.1 Å². The Morgan fingerprint density at radius 2 is 1.88 bits per heavy atom. The molecule has 0 saturated heterocycles. The molecule has 0 atom stereocenters. The van der Waals surface area contributed by atoms with Crippen molar-refractivity contribution in [3.05, 3.63) is 29.8 Å². The van der Waals surface area contributed by atoms with E-state index in [1.54, 1.807) is 7.11 Å². The minimum atomic E-state index is 0.221. The monoisotopic (exact) mass is 223 g/mol. The number of ether oxygens (including phenoxy) is 1. The molecule has 0 bridgehead atoms. The normalized spacial score (nSPS) is 10.4. The van der Waals surface area contributed by atoms with Crippen LogP contribution in [-0.4, -0.2) is 31.9 Å². The number of aryl methyl sites for hydroxylation is 1. The summed E-state index contributed by atoms with van der Waals surface area (Å²) in [7, 11) is 1.68. The molecule has 1 aromatic carbocycles. The Kier molecular flexibility index (Phi) is 6.61. The van der Waals surface area contributed by atoms with Gasteiger partial charge in [0.1, 0.15) is 5.75 Å². The molecular formula is C13H21NO2. The summed E-state index contributed by atoms with van der Waals surface area (Å²) in [5.41, 5.74) is 1.35. The third-order valence-electron chi connectivity index (χ3n) is 2.52. The molecule has 3 heteroatoms. The van der Waals surface area contributed by atoms with Gasteiger partial charge in [0.25, 0.3) is 0 Å². The average molecular weight is 223 g/mol. The third-order valence-corrected chi connectivity index (χ3v) is 2.52. The van der Waals surface area contributed by atoms with E-state index >= 15 is 0 Å². The average Bonchev–Trinajstić information content (AvgIpc) is 2.34. The highest BCUT2D eigenvalue weighted by molar-refractivity contribution is 5.27. The molecule has 0 aliphatic rings. The number of aliphatic hydroxyl groups excluding tert-OH is 1. The van der Waals surface area contributed by atoms with Gasteiger partial charge in [-0.2, -0.15) is 0 Å². The van der Waals surface area contributed by atoms with Gasteiger partial charge in [0, 0.05) is 6.54 Å². The molecule has 0 aliphatic heterocycles. The fourth-order valence-corrected chi connectivity index (χ4v) is 1.58. The summed E-state index contributed by atoms with van der Waals surface area (Å²) in [4.78, 5) is 0. The molecule has 0 heterocycles. The summed E-state index contributed by atoms with van der Waals surface area (Å²) >= 11 is 0. The summed E-state index contributed by atoms with van der Waals surface area (Å²) in [5, 5.41) is 11.7. The number of hydrogen-bond donors (Lipinski definition) is 2. The van der Waals surface area contributed by atoms with Gasteiger partial charge in [-0.05, 0) is 43.5 Å². The molecule has 0 aliphatic carbocycles. The Hall–Kier alpha value is -1.06. The first-order chi connectivity index (χ1) is 7.86. The van der Waals surface area contributed by atoms with Gasteiger partial charge in [0.2, 0.25) is 0 Å². The van der Waals surface area contributed by atoms with Crippen molar-refractivity contribution >= 4 is 0 Å². The Bertz CT molecular complexity index is 272. The predicted molar refractivity (Wildman–Crippen MR) is 65.9 cm³/mol. The second-order valence-electron chi connectivity index (χ2n) is 3.78. The first-order valence-corrected chi connectivity index (χ1v) is 5.81. The van der Waals surface area contributed by atoms with E-state index in [0.29, 0.717) is 6.54 Å². The molecule has 1 rings (SSSR count). The maximum atomic E-state index is 8.58. The van der Waals surface area contributed by atoms with Gasteiger partial charge in [0.15, 0.2) is 0 Å². The van der Waals surface area contributed by atoms with Gasteiger partial charge >= 0.3 is 0 Å². The second-order valence-corrected chi connectivity index (χ2v) is 3.78. The number of rotatable bonds is 8. The van der Waals surface area contributed by atoms with Gasteiger partial charge in [-0.3, -0.25) is 0 Å². The lowest BCUT2D eigenvalue weighted by molar-refractivity contribution is 0.292. The van der Waals surface area contributed by atoms with Crippen molar-refractivity contribution in [1.29, 1.82) is 0 Å². The third kappa shape index (κ3) is 5.14. The van der Waals surface area contributed by atoms with Crippen LogP contribution in [0.25, 0.3) is 0 Å². The van der Waals surface area contributed by atoms with Crippen molar-refractivity contribution in [2.24, 2.45) is 0 Å². The zero-order valence-electron chi connectivity index (χ0n) is 9.91. The highest BCUT2D eigenvalue weighted by Gasteiger charge is 1.95. The standard InChI is InChI=1S/C13H21NO2/c1-16-13-7-5-12(6-8-13)4-2-3-9-14-10-11-15/h5-8,14-15H,2-4,9-11H2,1H3. The molecule has 0 radical (unpaired) electrons. The minimum Gasteiger partial charge on any atom is -0.497 e. The number of unbranched alkanes of at least 4 members (excludes halogenated alkanes) is 1. The molecule has 0 aromatic heterocycles. The van der Waals surface area contributed by atoms with Crippen LogP contribution in [0.1, 0.15) is 18.4 Å². The SMILES string of the molecule is COc1ccc(CCCCNCCO)cc1. The summed E-state index contributed by atoms with van der Waals surface area (Å²) < 4.78 is 5.11. The van der Waals surface area contributed by atoms with E-state index in [1.165, 1.54) is 12.0 Å². The van der Waals surface area contributed by atoms with Crippen molar-refractivity contribution in [1.82, 2.24) is 5.32 Å². The van der Waals surface area contributed by atoms with Crippen molar-refractivity contribution in [2.75, 3.05) is 26.8 Å². The van der Waals surface area contributed by atoms with Crippen LogP contribution in [0.4, 0.5) is 0 Å². The fraction of sp³-hybridized carbons (Fsp3) is 0.538. The van der Waals surface area contributed by atoms with E-state index in [0.717, 1.165) is 25.1 Å². The van der Waals surface area contributed by atoms with E-state index in [9.17, 15) is 0 Å². The van der Waals surface area contributed by atoms with Gasteiger partial charge in [0.05, 0.1) is 13.7 Å². The fourth-order valence-electron chi connectivity index (χ4n) is 1.58. The van der Waals surface area contributed by atoms with E-state index < -0.39 is 0 Å². The van der Waals surface area contributed by atoms with Crippen LogP contribution in [0.2, 0.25) is 0 Å². The Morgan fingerprint density at radius 1 is 1.12 bits per heavy atom. The van der Waals surface area contributed by atoms with Crippen LogP contribution in [0, 0.1) is 0 Å². The molecule has 0 amide bonds. The van der Waals surface area contributed by atoms with Crippen LogP contribution in [0.15, 0.2) is 24.3 Å². The summed E-state index contributed by atoms with van der Waals surface area (Å²) in [6, 6.07) is 8.22. The first-order valence-electron chi connectivity index (χ1n) is 5.81. The van der Waals surface area contributed by atoms with Gasteiger partial charge < -0.3 is 15.2 Å². The smallest absolute Gasteiger partial charge is 0.118 e. The molecule has 0 spiro atoms. The number of benzene rings is 1. The maximum absolute atomic E-state index is 8.58. The Morgan fingerprint density at radius 3 is 2.50 bits per heavy atom. The van der Waals surface area contributed by atoms with Crippen LogP contribution >= 0.6 is 0 Å². The van der Waals surface area contributed by atoms with Crippen LogP contribution in [0.3, 0.4) is 0 Å². The van der Waals surface area contributed by atoms with E-state index in [2.05, 4.69) is 17.4 Å². The molecule has 0 saturated carbocycles. The lowest BCUT2D eigenvalue weighted by Gasteiger charge is -2.04. The highest BCUT2D eigenvalue weighted by atomic mass is 16.5. The summed E-state index contributed by atoms with van der Waals surface area (Å²) in [6.07, 6.45) is 3.42. The zero-order valence-corrected chi connectivity index (χ0v) is 9.91. The molecule has 1 aromatic rings. The maximum Gasteiger partial charge on any atom is 0.118 e.